The van der Waals surface area contributed by atoms with E-state index in [9.17, 15) is 0 Å². The zero-order valence-corrected chi connectivity index (χ0v) is 82.7. The van der Waals surface area contributed by atoms with Crippen LogP contribution in [0.1, 0.15) is 49.9 Å². The maximum Gasteiger partial charge on any atom is 0.0782 e. The molecule has 0 saturated heterocycles. The standard InChI is InChI=1S/C51H36N2.C46H29NS.C45H33N/c1-51(2)44-25-13-11-23-42(44)48-43-30-28-33-32-36(29-31-37(33)47(43)39-21-9-10-22-40(39)49(48)51)52(34-16-5-3-6-17-34)46-27-15-24-41-38-20-12-14-26-45(38)53(50(41)46)35-18-7-4-8-19-35;1-2-8-30(9-3-1)32-16-20-36(21-17-32)47(37-22-18-31-10-4-5-11-34(31)28-37)38-23-25-39-35(29-38)15-14-33-19-24-43-41(45(33)39)26-27-42-40-12-6-7-13-44(40)48-46(42)43;1-45(2)42-16-10-9-15-38(42)40-28-27-39-41(44(40)45)25-21-32-17-18-33-29-36(24-26-37(33)43(32)39)46(34-13-7-4-8-14-34)35-22-19-31(20-23-35)30-11-5-3-6-12-30/h3-32H,1-2H3;1-29H;3-29H,1-2H3. The van der Waals surface area contributed by atoms with Crippen LogP contribution < -0.4 is 14.7 Å². The predicted octanol–water partition coefficient (Wildman–Crippen LogP) is 40.4. The quantitative estimate of drug-likeness (QED) is 0.113. The van der Waals surface area contributed by atoms with Crippen LogP contribution in [0.25, 0.3) is 200 Å². The van der Waals surface area contributed by atoms with Gasteiger partial charge in [0.05, 0.1) is 16.7 Å². The molecule has 0 unspecified atom stereocenters. The van der Waals surface area contributed by atoms with Gasteiger partial charge in [0.2, 0.25) is 0 Å². The fourth-order valence-electron chi connectivity index (χ4n) is 24.8. The third-order valence-electron chi connectivity index (χ3n) is 31.5. The molecule has 0 aliphatic heterocycles. The first kappa shape index (κ1) is 86.6. The van der Waals surface area contributed by atoms with Gasteiger partial charge >= 0.3 is 0 Å². The molecule has 5 heteroatoms. The van der Waals surface area contributed by atoms with Crippen molar-refractivity contribution in [3.8, 4) is 50.2 Å². The van der Waals surface area contributed by atoms with Gasteiger partial charge < -0.3 is 19.3 Å². The van der Waals surface area contributed by atoms with Crippen LogP contribution in [-0.4, -0.2) is 4.57 Å². The van der Waals surface area contributed by atoms with Gasteiger partial charge in [0.25, 0.3) is 0 Å². The molecule has 0 bridgehead atoms. The molecule has 2 aromatic heterocycles. The van der Waals surface area contributed by atoms with Gasteiger partial charge in [-0.15, -0.1) is 11.3 Å². The van der Waals surface area contributed by atoms with Crippen LogP contribution in [0.4, 0.5) is 51.2 Å². The summed E-state index contributed by atoms with van der Waals surface area (Å²) in [4.78, 5) is 7.17. The molecule has 26 aromatic carbocycles. The molecule has 2 heterocycles. The van der Waals surface area contributed by atoms with Gasteiger partial charge in [0, 0.05) is 98.3 Å². The van der Waals surface area contributed by atoms with Crippen LogP contribution in [-0.2, 0) is 10.8 Å². The summed E-state index contributed by atoms with van der Waals surface area (Å²) in [6.07, 6.45) is 0. The van der Waals surface area contributed by atoms with Crippen LogP contribution in [0.5, 0.6) is 0 Å². The maximum absolute atomic E-state index is 2.43. The molecule has 0 amide bonds. The number of hydrogen-bond donors (Lipinski definition) is 0. The van der Waals surface area contributed by atoms with E-state index in [2.05, 4.69) is 569 Å². The highest BCUT2D eigenvalue weighted by Gasteiger charge is 2.40. The normalized spacial score (nSPS) is 12.7. The minimum absolute atomic E-state index is 0.0525. The van der Waals surface area contributed by atoms with Crippen LogP contribution in [0.15, 0.2) is 522 Å². The molecule has 0 atom stereocenters. The SMILES string of the molecule is CC1(C)c2ccccc2-c2c1c1ccccc1c1c2ccc2cc(N(c3ccccc3)c3cccc4c5ccccc5n(-c5ccccc5)c34)ccc21.CC1(C)c2ccccc2-c2ccc3c(ccc4ccc5cc(N(c6ccccc6)c6ccc(-c7ccccc7)cc6)ccc5c43)c21.c1ccc(-c2ccc(N(c3ccc4ccccc4c3)c3ccc4c(ccc5ccc6c(ccc7c8ccccc8sc76)c54)c3)cc2)cc1. The number of thiophene rings is 1. The molecule has 0 radical (unpaired) electrons. The van der Waals surface area contributed by atoms with Crippen LogP contribution in [0.3, 0.4) is 0 Å². The molecule has 30 rings (SSSR count). The van der Waals surface area contributed by atoms with Crippen molar-refractivity contribution in [3.63, 3.8) is 0 Å². The number of rotatable bonds is 12. The zero-order valence-electron chi connectivity index (χ0n) is 81.8. The Balaban J connectivity index is 0.000000107. The monoisotopic (exact) mass is 1890 g/mol. The van der Waals surface area contributed by atoms with Crippen molar-refractivity contribution in [1.29, 1.82) is 0 Å². The van der Waals surface area contributed by atoms with Gasteiger partial charge in [-0.25, -0.2) is 0 Å². The third kappa shape index (κ3) is 14.2. The Morgan fingerprint density at radius 2 is 0.571 bits per heavy atom. The first-order chi connectivity index (χ1) is 72.4. The topological polar surface area (TPSA) is 14.7 Å². The number of fused-ring (bicyclic) bond motifs is 32. The zero-order chi connectivity index (χ0) is 97.7. The van der Waals surface area contributed by atoms with Crippen molar-refractivity contribution in [3.05, 3.63) is 544 Å². The number of aromatic nitrogens is 1. The Labute approximate surface area is 857 Å². The van der Waals surface area contributed by atoms with E-state index >= 15 is 0 Å². The lowest BCUT2D eigenvalue weighted by Gasteiger charge is -2.27. The summed E-state index contributed by atoms with van der Waals surface area (Å²) in [6, 6.07) is 191. The Bertz CT molecular complexity index is 10200. The Morgan fingerprint density at radius 1 is 0.204 bits per heavy atom. The molecular formula is C142H98N4S. The lowest BCUT2D eigenvalue weighted by molar-refractivity contribution is 0.666. The number of benzene rings is 26. The maximum atomic E-state index is 2.43. The van der Waals surface area contributed by atoms with E-state index in [0.717, 1.165) is 56.9 Å². The summed E-state index contributed by atoms with van der Waals surface area (Å²) in [5.41, 5.74) is 29.6. The van der Waals surface area contributed by atoms with E-state index in [4.69, 9.17) is 0 Å². The Morgan fingerprint density at radius 3 is 1.20 bits per heavy atom. The lowest BCUT2D eigenvalue weighted by Crippen LogP contribution is -2.15. The van der Waals surface area contributed by atoms with Gasteiger partial charge in [-0.1, -0.05) is 422 Å². The van der Waals surface area contributed by atoms with E-state index in [-0.39, 0.29) is 10.8 Å². The van der Waals surface area contributed by atoms with Crippen molar-refractivity contribution in [1.82, 2.24) is 4.57 Å². The Hall–Kier alpha value is -18.3. The first-order valence-electron chi connectivity index (χ1n) is 51.1. The fourth-order valence-corrected chi connectivity index (χ4v) is 26.0. The van der Waals surface area contributed by atoms with Crippen molar-refractivity contribution >= 4 is 212 Å². The number of para-hydroxylation sites is 5. The number of nitrogens with zero attached hydrogens (tertiary/aromatic N) is 4. The number of hydrogen-bond acceptors (Lipinski definition) is 4. The summed E-state index contributed by atoms with van der Waals surface area (Å²) >= 11 is 1.90. The second-order valence-electron chi connectivity index (χ2n) is 40.4. The summed E-state index contributed by atoms with van der Waals surface area (Å²) in [5.74, 6) is 0. The average Bonchev–Trinajstić information content (AvgIpc) is 1.54. The van der Waals surface area contributed by atoms with Gasteiger partial charge in [-0.05, 0) is 296 Å². The molecule has 147 heavy (non-hydrogen) atoms. The van der Waals surface area contributed by atoms with E-state index in [1.807, 2.05) is 11.3 Å². The minimum atomic E-state index is -0.0854. The van der Waals surface area contributed by atoms with Gasteiger partial charge in [-0.3, -0.25) is 0 Å². The molecule has 4 nitrogen and oxygen atoms in total. The molecule has 2 aliphatic rings. The highest BCUT2D eigenvalue weighted by atomic mass is 32.1. The first-order valence-corrected chi connectivity index (χ1v) is 51.9. The van der Waals surface area contributed by atoms with E-state index < -0.39 is 0 Å². The van der Waals surface area contributed by atoms with Crippen LogP contribution in [0, 0.1) is 0 Å². The molecule has 0 saturated carbocycles. The fraction of sp³-hybridized carbons (Fsp3) is 0.0423. The highest BCUT2D eigenvalue weighted by molar-refractivity contribution is 7.26. The van der Waals surface area contributed by atoms with Crippen molar-refractivity contribution in [2.24, 2.45) is 0 Å². The highest BCUT2D eigenvalue weighted by Crippen LogP contribution is 2.58. The largest absolute Gasteiger partial charge is 0.310 e. The molecule has 2 aliphatic carbocycles. The van der Waals surface area contributed by atoms with Crippen molar-refractivity contribution < 1.29 is 0 Å². The summed E-state index contributed by atoms with van der Waals surface area (Å²) in [5, 5.41) is 31.0. The molecule has 0 N–H and O–H groups in total. The summed E-state index contributed by atoms with van der Waals surface area (Å²) in [6.45, 7) is 9.53. The molecule has 692 valence electrons. The smallest absolute Gasteiger partial charge is 0.0782 e. The summed E-state index contributed by atoms with van der Waals surface area (Å²) in [7, 11) is 0. The summed E-state index contributed by atoms with van der Waals surface area (Å²) < 4.78 is 5.13. The predicted molar refractivity (Wildman–Crippen MR) is 632 cm³/mol. The van der Waals surface area contributed by atoms with Crippen LogP contribution in [0.2, 0.25) is 0 Å². The van der Waals surface area contributed by atoms with Crippen molar-refractivity contribution in [2.75, 3.05) is 14.7 Å². The van der Waals surface area contributed by atoms with Gasteiger partial charge in [0.15, 0.2) is 0 Å². The minimum Gasteiger partial charge on any atom is -0.310 e. The van der Waals surface area contributed by atoms with Gasteiger partial charge in [-0.2, -0.15) is 0 Å². The van der Waals surface area contributed by atoms with E-state index in [1.54, 1.807) is 0 Å². The van der Waals surface area contributed by atoms with Gasteiger partial charge in [0.1, 0.15) is 0 Å². The lowest BCUT2D eigenvalue weighted by atomic mass is 9.79. The van der Waals surface area contributed by atoms with Crippen LogP contribution >= 0.6 is 11.3 Å². The second-order valence-corrected chi connectivity index (χ2v) is 41.5. The molecule has 0 fully saturated rings. The number of anilines is 9. The second kappa shape index (κ2) is 34.8. The molecule has 0 spiro atoms. The average molecular weight is 1890 g/mol. The molecular weight excluding hydrogens is 1790 g/mol. The third-order valence-corrected chi connectivity index (χ3v) is 32.7. The molecule has 28 aromatic rings. The Kier molecular flexibility index (Phi) is 20.5. The van der Waals surface area contributed by atoms with Crippen molar-refractivity contribution in [2.45, 2.75) is 38.5 Å². The van der Waals surface area contributed by atoms with E-state index in [0.29, 0.717) is 0 Å². The van der Waals surface area contributed by atoms with E-state index in [1.165, 1.54) is 216 Å².